The number of urea groups is 1. The predicted octanol–water partition coefficient (Wildman–Crippen LogP) is -1.72. The number of nitrogens with one attached hydrogen (secondary N) is 1. The van der Waals surface area contributed by atoms with E-state index < -0.39 is 11.9 Å². The van der Waals surface area contributed by atoms with E-state index in [0.717, 1.165) is 26.1 Å². The lowest BCUT2D eigenvalue weighted by molar-refractivity contribution is -0.130. The van der Waals surface area contributed by atoms with Gasteiger partial charge in [0.15, 0.2) is 0 Å². The molecule has 20 heavy (non-hydrogen) atoms. The van der Waals surface area contributed by atoms with E-state index in [1.54, 1.807) is 19.0 Å². The first-order chi connectivity index (χ1) is 9.38. The van der Waals surface area contributed by atoms with Gasteiger partial charge in [-0.05, 0) is 19.5 Å². The van der Waals surface area contributed by atoms with Gasteiger partial charge in [0.1, 0.15) is 0 Å². The van der Waals surface area contributed by atoms with Crippen LogP contribution < -0.4 is 11.1 Å². The van der Waals surface area contributed by atoms with E-state index in [1.807, 2.05) is 4.90 Å². The van der Waals surface area contributed by atoms with Gasteiger partial charge in [0.2, 0.25) is 11.8 Å². The molecular weight excluding hydrogens is 262 g/mol. The molecule has 1 aliphatic heterocycles. The highest BCUT2D eigenvalue weighted by molar-refractivity contribution is 5.94. The summed E-state index contributed by atoms with van der Waals surface area (Å²) in [5, 5.41) is 2.05. The van der Waals surface area contributed by atoms with E-state index in [0.29, 0.717) is 13.1 Å². The van der Waals surface area contributed by atoms with Crippen LogP contribution in [0.1, 0.15) is 6.42 Å². The molecule has 8 nitrogen and oxygen atoms in total. The molecule has 1 aliphatic rings. The molecular formula is C12H23N5O3. The Kier molecular flexibility index (Phi) is 6.40. The average molecular weight is 285 g/mol. The lowest BCUT2D eigenvalue weighted by Crippen LogP contribution is -2.43. The van der Waals surface area contributed by atoms with E-state index >= 15 is 0 Å². The highest BCUT2D eigenvalue weighted by Gasteiger charge is 2.19. The summed E-state index contributed by atoms with van der Waals surface area (Å²) in [6.45, 7) is 3.55. The Morgan fingerprint density at radius 3 is 2.10 bits per heavy atom. The largest absolute Gasteiger partial charge is 0.351 e. The fourth-order valence-corrected chi connectivity index (χ4v) is 2.05. The fourth-order valence-electron chi connectivity index (χ4n) is 2.05. The first kappa shape index (κ1) is 16.4. The minimum absolute atomic E-state index is 0.0740. The summed E-state index contributed by atoms with van der Waals surface area (Å²) >= 11 is 0. The summed E-state index contributed by atoms with van der Waals surface area (Å²) in [4.78, 5) is 39.3. The lowest BCUT2D eigenvalue weighted by atomic mass is 10.3. The first-order valence-electron chi connectivity index (χ1n) is 6.62. The van der Waals surface area contributed by atoms with Gasteiger partial charge >= 0.3 is 6.03 Å². The third-order valence-electron chi connectivity index (χ3n) is 3.17. The zero-order valence-corrected chi connectivity index (χ0v) is 12.1. The second-order valence-electron chi connectivity index (χ2n) is 5.11. The monoisotopic (exact) mass is 285 g/mol. The van der Waals surface area contributed by atoms with Crippen LogP contribution in [0.5, 0.6) is 0 Å². The van der Waals surface area contributed by atoms with Gasteiger partial charge in [-0.3, -0.25) is 24.7 Å². The van der Waals surface area contributed by atoms with Crippen LogP contribution in [0.25, 0.3) is 0 Å². The lowest BCUT2D eigenvalue weighted by Gasteiger charge is -2.22. The normalized spacial score (nSPS) is 17.3. The van der Waals surface area contributed by atoms with E-state index in [1.165, 1.54) is 0 Å². The number of likely N-dealkylation sites (N-methyl/N-ethyl adjacent to an activating group) is 1. The molecule has 0 aromatic rings. The third kappa shape index (κ3) is 5.98. The molecule has 114 valence electrons. The summed E-state index contributed by atoms with van der Waals surface area (Å²) in [5.74, 6) is -0.319. The molecule has 1 heterocycles. The average Bonchev–Trinajstić information content (AvgIpc) is 2.53. The van der Waals surface area contributed by atoms with Gasteiger partial charge in [0, 0.05) is 27.2 Å². The fraction of sp³-hybridized carbons (Fsp3) is 0.750. The summed E-state index contributed by atoms with van der Waals surface area (Å²) in [7, 11) is 3.47. The van der Waals surface area contributed by atoms with Gasteiger partial charge in [0.25, 0.3) is 0 Å². The van der Waals surface area contributed by atoms with Crippen molar-refractivity contribution in [2.45, 2.75) is 6.42 Å². The predicted molar refractivity (Wildman–Crippen MR) is 73.9 cm³/mol. The topological polar surface area (TPSA) is 99.0 Å². The van der Waals surface area contributed by atoms with Gasteiger partial charge < -0.3 is 10.6 Å². The highest BCUT2D eigenvalue weighted by Crippen LogP contribution is 2.03. The Balaban J connectivity index is 2.37. The number of hydrogen-bond donors (Lipinski definition) is 2. The Labute approximate surface area is 118 Å². The number of hydrogen-bond acceptors (Lipinski definition) is 5. The summed E-state index contributed by atoms with van der Waals surface area (Å²) in [6.07, 6.45) is 0.880. The van der Waals surface area contributed by atoms with Crippen molar-refractivity contribution in [2.75, 3.05) is 53.4 Å². The van der Waals surface area contributed by atoms with Crippen LogP contribution in [0.3, 0.4) is 0 Å². The molecule has 1 saturated heterocycles. The molecule has 0 spiro atoms. The Hall–Kier alpha value is -1.67. The van der Waals surface area contributed by atoms with Gasteiger partial charge in [0.05, 0.1) is 13.1 Å². The highest BCUT2D eigenvalue weighted by atomic mass is 16.2. The second kappa shape index (κ2) is 7.81. The molecule has 0 atom stereocenters. The molecule has 0 aliphatic carbocycles. The van der Waals surface area contributed by atoms with Gasteiger partial charge in [-0.1, -0.05) is 0 Å². The van der Waals surface area contributed by atoms with Crippen molar-refractivity contribution in [1.29, 1.82) is 0 Å². The van der Waals surface area contributed by atoms with Crippen LogP contribution in [0.15, 0.2) is 0 Å². The number of nitrogens with two attached hydrogens (primary N) is 1. The van der Waals surface area contributed by atoms with Crippen molar-refractivity contribution in [2.24, 2.45) is 5.73 Å². The van der Waals surface area contributed by atoms with E-state index in [-0.39, 0.29) is 12.5 Å². The van der Waals surface area contributed by atoms with Crippen molar-refractivity contribution in [3.8, 4) is 0 Å². The molecule has 4 amide bonds. The Bertz CT molecular complexity index is 372. The number of imide groups is 1. The van der Waals surface area contributed by atoms with Crippen molar-refractivity contribution < 1.29 is 14.4 Å². The molecule has 8 heteroatoms. The maximum atomic E-state index is 11.7. The van der Waals surface area contributed by atoms with Crippen molar-refractivity contribution in [1.82, 2.24) is 20.0 Å². The zero-order chi connectivity index (χ0) is 15.1. The third-order valence-corrected chi connectivity index (χ3v) is 3.17. The van der Waals surface area contributed by atoms with E-state index in [9.17, 15) is 14.4 Å². The summed E-state index contributed by atoms with van der Waals surface area (Å²) in [5.41, 5.74) is 4.89. The Morgan fingerprint density at radius 1 is 1.05 bits per heavy atom. The number of nitrogens with zero attached hydrogens (tertiary/aromatic N) is 3. The number of carbonyl (C=O) groups excluding carboxylic acids is 3. The van der Waals surface area contributed by atoms with Crippen LogP contribution in [0.2, 0.25) is 0 Å². The molecule has 1 rings (SSSR count). The second-order valence-corrected chi connectivity index (χ2v) is 5.11. The van der Waals surface area contributed by atoms with Gasteiger partial charge in [-0.15, -0.1) is 0 Å². The number of primary amides is 1. The van der Waals surface area contributed by atoms with Crippen LogP contribution >= 0.6 is 0 Å². The molecule has 0 saturated carbocycles. The molecule has 1 fully saturated rings. The minimum Gasteiger partial charge on any atom is -0.351 e. The summed E-state index contributed by atoms with van der Waals surface area (Å²) < 4.78 is 0. The van der Waals surface area contributed by atoms with Crippen molar-refractivity contribution in [3.63, 3.8) is 0 Å². The maximum absolute atomic E-state index is 11.7. The number of carbonyl (C=O) groups is 3. The van der Waals surface area contributed by atoms with Crippen molar-refractivity contribution in [3.05, 3.63) is 0 Å². The molecule has 0 aromatic carbocycles. The van der Waals surface area contributed by atoms with E-state index in [2.05, 4.69) is 10.2 Å². The molecule has 3 N–H and O–H groups in total. The zero-order valence-electron chi connectivity index (χ0n) is 12.1. The SMILES string of the molecule is CN(C)C(=O)CN1CCCN(CC(=O)NC(N)=O)CC1. The summed E-state index contributed by atoms with van der Waals surface area (Å²) in [6, 6.07) is -0.831. The van der Waals surface area contributed by atoms with Crippen LogP contribution in [0, 0.1) is 0 Å². The number of rotatable bonds is 4. The standard InChI is InChI=1S/C12H23N5O3/c1-15(2)11(19)9-17-5-3-4-16(6-7-17)8-10(18)14-12(13)20/h3-9H2,1-2H3,(H3,13,14,18,20). The van der Waals surface area contributed by atoms with E-state index in [4.69, 9.17) is 5.73 Å². The smallest absolute Gasteiger partial charge is 0.318 e. The minimum atomic E-state index is -0.831. The van der Waals surface area contributed by atoms with Gasteiger partial charge in [-0.2, -0.15) is 0 Å². The molecule has 0 aromatic heterocycles. The number of amides is 4. The van der Waals surface area contributed by atoms with Crippen molar-refractivity contribution >= 4 is 17.8 Å². The molecule has 0 unspecified atom stereocenters. The molecule has 0 radical (unpaired) electrons. The quantitative estimate of drug-likeness (QED) is 0.640. The van der Waals surface area contributed by atoms with Crippen LogP contribution in [0.4, 0.5) is 4.79 Å². The van der Waals surface area contributed by atoms with Crippen LogP contribution in [-0.4, -0.2) is 85.9 Å². The Morgan fingerprint density at radius 2 is 1.60 bits per heavy atom. The van der Waals surface area contributed by atoms with Gasteiger partial charge in [-0.25, -0.2) is 4.79 Å². The van der Waals surface area contributed by atoms with Crippen LogP contribution in [-0.2, 0) is 9.59 Å². The first-order valence-corrected chi connectivity index (χ1v) is 6.62. The molecule has 0 bridgehead atoms. The maximum Gasteiger partial charge on any atom is 0.318 e.